The summed E-state index contributed by atoms with van der Waals surface area (Å²) in [5.74, 6) is -0.336. The van der Waals surface area contributed by atoms with Gasteiger partial charge in [0.05, 0.1) is 24.1 Å². The average molecular weight is 247 g/mol. The maximum absolute atomic E-state index is 11.7. The minimum Gasteiger partial charge on any atom is -0.463 e. The van der Waals surface area contributed by atoms with Crippen molar-refractivity contribution < 1.29 is 9.53 Å². The molecule has 0 spiro atoms. The fourth-order valence-corrected chi connectivity index (χ4v) is 1.35. The van der Waals surface area contributed by atoms with Gasteiger partial charge in [-0.1, -0.05) is 6.92 Å². The normalized spacial score (nSPS) is 10.9. The Bertz CT molecular complexity index is 429. The van der Waals surface area contributed by atoms with Crippen molar-refractivity contribution in [3.05, 3.63) is 36.3 Å². The molecule has 96 valence electrons. The van der Waals surface area contributed by atoms with Crippen LogP contribution in [0.3, 0.4) is 0 Å². The molecule has 1 heterocycles. The van der Waals surface area contributed by atoms with Gasteiger partial charge in [-0.25, -0.2) is 9.80 Å². The molecular formula is C13H17N3O2. The van der Waals surface area contributed by atoms with Crippen molar-refractivity contribution >= 4 is 18.4 Å². The Labute approximate surface area is 107 Å². The summed E-state index contributed by atoms with van der Waals surface area (Å²) in [5, 5.41) is 5.35. The van der Waals surface area contributed by atoms with Gasteiger partial charge in [0.25, 0.3) is 0 Å². The van der Waals surface area contributed by atoms with Crippen LogP contribution in [0.1, 0.15) is 20.3 Å². The molecule has 1 aromatic rings. The molecule has 5 nitrogen and oxygen atoms in total. The Morgan fingerprint density at radius 3 is 2.89 bits per heavy atom. The van der Waals surface area contributed by atoms with Gasteiger partial charge in [0.15, 0.2) is 0 Å². The van der Waals surface area contributed by atoms with Gasteiger partial charge in [-0.05, 0) is 25.5 Å². The number of nitrogens with zero attached hydrogens (tertiary/aromatic N) is 3. The van der Waals surface area contributed by atoms with Crippen LogP contribution in [0.15, 0.2) is 41.4 Å². The van der Waals surface area contributed by atoms with Gasteiger partial charge in [-0.3, -0.25) is 4.98 Å². The average Bonchev–Trinajstić information content (AvgIpc) is 2.41. The lowest BCUT2D eigenvalue weighted by Crippen LogP contribution is -2.14. The maximum atomic E-state index is 11.7. The van der Waals surface area contributed by atoms with Crippen LogP contribution in [-0.4, -0.2) is 24.3 Å². The number of hydrogen-bond donors (Lipinski definition) is 0. The van der Waals surface area contributed by atoms with Gasteiger partial charge in [0, 0.05) is 19.1 Å². The molecule has 0 amide bonds. The van der Waals surface area contributed by atoms with E-state index < -0.39 is 0 Å². The minimum atomic E-state index is -0.336. The van der Waals surface area contributed by atoms with E-state index >= 15 is 0 Å². The zero-order valence-corrected chi connectivity index (χ0v) is 10.7. The molecule has 0 saturated carbocycles. The van der Waals surface area contributed by atoms with Gasteiger partial charge in [0.2, 0.25) is 0 Å². The number of hydrazone groups is 1. The fraction of sp³-hybridized carbons (Fsp3) is 0.308. The highest BCUT2D eigenvalue weighted by Crippen LogP contribution is 2.15. The highest BCUT2D eigenvalue weighted by Gasteiger charge is 2.11. The minimum absolute atomic E-state index is 0.336. The zero-order chi connectivity index (χ0) is 13.4. The van der Waals surface area contributed by atoms with Crippen LogP contribution in [0.2, 0.25) is 0 Å². The SMILES string of the molecule is C=NN(/C=C(\CC)C(=O)OCC)c1cccnc1. The Kier molecular flexibility index (Phi) is 5.57. The molecule has 5 heteroatoms. The van der Waals surface area contributed by atoms with Gasteiger partial charge < -0.3 is 4.74 Å². The van der Waals surface area contributed by atoms with Gasteiger partial charge in [-0.2, -0.15) is 5.10 Å². The summed E-state index contributed by atoms with van der Waals surface area (Å²) in [7, 11) is 0. The standard InChI is InChI=1S/C13H17N3O2/c1-4-11(13(17)18-5-2)10-16(14-3)12-7-6-8-15-9-12/h6-10H,3-5H2,1-2H3/b11-10+. The topological polar surface area (TPSA) is 54.8 Å². The van der Waals surface area contributed by atoms with Gasteiger partial charge in [-0.15, -0.1) is 0 Å². The predicted molar refractivity (Wildman–Crippen MR) is 71.3 cm³/mol. The Hall–Kier alpha value is -2.17. The van der Waals surface area contributed by atoms with Crippen molar-refractivity contribution in [2.24, 2.45) is 5.10 Å². The van der Waals surface area contributed by atoms with Crippen LogP contribution < -0.4 is 5.01 Å². The Morgan fingerprint density at radius 2 is 2.39 bits per heavy atom. The summed E-state index contributed by atoms with van der Waals surface area (Å²) in [6, 6.07) is 3.62. The number of carbonyl (C=O) groups is 1. The summed E-state index contributed by atoms with van der Waals surface area (Å²) in [6.45, 7) is 7.49. The predicted octanol–water partition coefficient (Wildman–Crippen LogP) is 2.36. The molecule has 0 bridgehead atoms. The smallest absolute Gasteiger partial charge is 0.335 e. The molecule has 0 radical (unpaired) electrons. The first-order chi connectivity index (χ1) is 8.72. The first-order valence-corrected chi connectivity index (χ1v) is 5.76. The second-order valence-corrected chi connectivity index (χ2v) is 3.43. The highest BCUT2D eigenvalue weighted by atomic mass is 16.5. The molecule has 0 aliphatic heterocycles. The summed E-state index contributed by atoms with van der Waals surface area (Å²) in [5.41, 5.74) is 1.27. The van der Waals surface area contributed by atoms with Crippen LogP contribution in [0, 0.1) is 0 Å². The summed E-state index contributed by atoms with van der Waals surface area (Å²) in [6.07, 6.45) is 5.48. The molecule has 1 rings (SSSR count). The fourth-order valence-electron chi connectivity index (χ4n) is 1.35. The molecule has 1 aromatic heterocycles. The molecule has 0 unspecified atom stereocenters. The molecule has 0 saturated heterocycles. The van der Waals surface area contributed by atoms with E-state index in [2.05, 4.69) is 16.8 Å². The maximum Gasteiger partial charge on any atom is 0.335 e. The quantitative estimate of drug-likeness (QED) is 0.335. The number of anilines is 1. The van der Waals surface area contributed by atoms with E-state index in [4.69, 9.17) is 4.74 Å². The molecule has 0 aliphatic rings. The second-order valence-electron chi connectivity index (χ2n) is 3.43. The van der Waals surface area contributed by atoms with E-state index in [-0.39, 0.29) is 5.97 Å². The molecule has 0 aliphatic carbocycles. The number of pyridine rings is 1. The third-order valence-corrected chi connectivity index (χ3v) is 2.26. The number of carbonyl (C=O) groups excluding carboxylic acids is 1. The molecule has 0 fully saturated rings. The largest absolute Gasteiger partial charge is 0.463 e. The van der Waals surface area contributed by atoms with Crippen molar-refractivity contribution in [3.8, 4) is 0 Å². The lowest BCUT2D eigenvalue weighted by molar-refractivity contribution is -0.138. The number of rotatable bonds is 6. The van der Waals surface area contributed by atoms with Crippen molar-refractivity contribution in [2.45, 2.75) is 20.3 Å². The lowest BCUT2D eigenvalue weighted by Gasteiger charge is -2.14. The van der Waals surface area contributed by atoms with Crippen LogP contribution in [-0.2, 0) is 9.53 Å². The molecule has 18 heavy (non-hydrogen) atoms. The summed E-state index contributed by atoms with van der Waals surface area (Å²) in [4.78, 5) is 15.7. The van der Waals surface area contributed by atoms with Crippen LogP contribution in [0.4, 0.5) is 5.69 Å². The first-order valence-electron chi connectivity index (χ1n) is 5.76. The molecular weight excluding hydrogens is 230 g/mol. The Morgan fingerprint density at radius 1 is 1.61 bits per heavy atom. The number of esters is 1. The number of hydrogen-bond acceptors (Lipinski definition) is 5. The third-order valence-electron chi connectivity index (χ3n) is 2.26. The van der Waals surface area contributed by atoms with E-state index in [0.29, 0.717) is 18.6 Å². The number of ether oxygens (including phenoxy) is 1. The van der Waals surface area contributed by atoms with Gasteiger partial charge in [0.1, 0.15) is 0 Å². The van der Waals surface area contributed by atoms with E-state index in [1.165, 1.54) is 5.01 Å². The Balaban J connectivity index is 2.95. The third kappa shape index (κ3) is 3.69. The van der Waals surface area contributed by atoms with Crippen molar-refractivity contribution in [3.63, 3.8) is 0 Å². The lowest BCUT2D eigenvalue weighted by atomic mass is 10.2. The van der Waals surface area contributed by atoms with Crippen LogP contribution in [0.25, 0.3) is 0 Å². The first kappa shape index (κ1) is 13.9. The van der Waals surface area contributed by atoms with E-state index in [1.807, 2.05) is 13.0 Å². The highest BCUT2D eigenvalue weighted by molar-refractivity contribution is 5.88. The van der Waals surface area contributed by atoms with Gasteiger partial charge >= 0.3 is 5.97 Å². The van der Waals surface area contributed by atoms with Crippen molar-refractivity contribution in [1.82, 2.24) is 4.98 Å². The van der Waals surface area contributed by atoms with Crippen LogP contribution in [0.5, 0.6) is 0 Å². The van der Waals surface area contributed by atoms with Crippen molar-refractivity contribution in [2.75, 3.05) is 11.6 Å². The molecule has 0 atom stereocenters. The second kappa shape index (κ2) is 7.21. The van der Waals surface area contributed by atoms with Crippen molar-refractivity contribution in [1.29, 1.82) is 0 Å². The van der Waals surface area contributed by atoms with E-state index in [9.17, 15) is 4.79 Å². The summed E-state index contributed by atoms with van der Waals surface area (Å²) >= 11 is 0. The molecule has 0 N–H and O–H groups in total. The van der Waals surface area contributed by atoms with E-state index in [0.717, 1.165) is 5.69 Å². The zero-order valence-electron chi connectivity index (χ0n) is 10.7. The van der Waals surface area contributed by atoms with Crippen LogP contribution >= 0.6 is 0 Å². The monoisotopic (exact) mass is 247 g/mol. The number of aromatic nitrogens is 1. The summed E-state index contributed by atoms with van der Waals surface area (Å²) < 4.78 is 4.96. The van der Waals surface area contributed by atoms with E-state index in [1.54, 1.807) is 31.6 Å². The molecule has 0 aromatic carbocycles.